The van der Waals surface area contributed by atoms with Crippen LogP contribution in [0, 0.1) is 6.92 Å². The fourth-order valence-corrected chi connectivity index (χ4v) is 1.19. The molecule has 0 aliphatic rings. The van der Waals surface area contributed by atoms with Crippen LogP contribution in [0.1, 0.15) is 11.1 Å². The Bertz CT molecular complexity index is 303. The Morgan fingerprint density at radius 3 is 2.85 bits per heavy atom. The van der Waals surface area contributed by atoms with Crippen molar-refractivity contribution in [1.29, 1.82) is 0 Å². The minimum absolute atomic E-state index is 0.822. The zero-order valence-corrected chi connectivity index (χ0v) is 8.17. The van der Waals surface area contributed by atoms with E-state index in [1.54, 1.807) is 0 Å². The number of nitrogen functional groups attached to an aromatic ring is 1. The van der Waals surface area contributed by atoms with Gasteiger partial charge in [-0.15, -0.1) is 0 Å². The van der Waals surface area contributed by atoms with Gasteiger partial charge in [0.25, 0.3) is 0 Å². The Morgan fingerprint density at radius 2 is 2.23 bits per heavy atom. The largest absolute Gasteiger partial charge is 0.399 e. The number of anilines is 1. The van der Waals surface area contributed by atoms with Gasteiger partial charge in [0.15, 0.2) is 0 Å². The fraction of sp³-hybridized carbons (Fsp3) is 0.273. The van der Waals surface area contributed by atoms with E-state index in [-0.39, 0.29) is 0 Å². The first-order chi connectivity index (χ1) is 6.24. The molecule has 0 spiro atoms. The smallest absolute Gasteiger partial charge is 0.0317 e. The van der Waals surface area contributed by atoms with Crippen LogP contribution in [0.4, 0.5) is 5.69 Å². The van der Waals surface area contributed by atoms with Gasteiger partial charge in [-0.25, -0.2) is 0 Å². The summed E-state index contributed by atoms with van der Waals surface area (Å²) in [6.45, 7) is 2.96. The van der Waals surface area contributed by atoms with Crippen LogP contribution in [-0.4, -0.2) is 13.6 Å². The van der Waals surface area contributed by atoms with Gasteiger partial charge in [0, 0.05) is 12.2 Å². The second kappa shape index (κ2) is 4.67. The number of rotatable bonds is 3. The van der Waals surface area contributed by atoms with E-state index in [1.807, 2.05) is 25.2 Å². The molecule has 0 saturated carbocycles. The maximum absolute atomic E-state index is 5.65. The standard InChI is InChI=1S/C11H16N2/c1-9-8-11(12)6-5-10(9)4-3-7-13-2/h3-6,8,13H,7,12H2,1-2H3. The van der Waals surface area contributed by atoms with Crippen LogP contribution in [0.3, 0.4) is 0 Å². The SMILES string of the molecule is CNCC=Cc1ccc(N)cc1C. The number of hydrogen-bond acceptors (Lipinski definition) is 2. The van der Waals surface area contributed by atoms with Crippen molar-refractivity contribution in [3.05, 3.63) is 35.4 Å². The summed E-state index contributed by atoms with van der Waals surface area (Å²) in [5.74, 6) is 0. The lowest BCUT2D eigenvalue weighted by atomic mass is 10.1. The summed E-state index contributed by atoms with van der Waals surface area (Å²) in [6.07, 6.45) is 4.20. The number of hydrogen-bond donors (Lipinski definition) is 2. The van der Waals surface area contributed by atoms with Crippen LogP contribution in [0.2, 0.25) is 0 Å². The summed E-state index contributed by atoms with van der Waals surface area (Å²) in [7, 11) is 1.93. The molecule has 13 heavy (non-hydrogen) atoms. The quantitative estimate of drug-likeness (QED) is 0.689. The first kappa shape index (κ1) is 9.81. The van der Waals surface area contributed by atoms with Gasteiger partial charge in [-0.2, -0.15) is 0 Å². The molecule has 1 aromatic carbocycles. The van der Waals surface area contributed by atoms with E-state index in [0.29, 0.717) is 0 Å². The molecule has 0 saturated heterocycles. The van der Waals surface area contributed by atoms with E-state index in [2.05, 4.69) is 24.4 Å². The zero-order valence-electron chi connectivity index (χ0n) is 8.17. The van der Waals surface area contributed by atoms with Crippen molar-refractivity contribution < 1.29 is 0 Å². The lowest BCUT2D eigenvalue weighted by Crippen LogP contribution is -2.03. The van der Waals surface area contributed by atoms with Crippen molar-refractivity contribution in [2.75, 3.05) is 19.3 Å². The van der Waals surface area contributed by atoms with Gasteiger partial charge < -0.3 is 11.1 Å². The molecule has 0 aliphatic heterocycles. The average molecular weight is 176 g/mol. The van der Waals surface area contributed by atoms with Gasteiger partial charge in [-0.3, -0.25) is 0 Å². The van der Waals surface area contributed by atoms with Gasteiger partial charge in [0.2, 0.25) is 0 Å². The number of nitrogens with one attached hydrogen (secondary N) is 1. The van der Waals surface area contributed by atoms with Gasteiger partial charge in [-0.1, -0.05) is 18.2 Å². The van der Waals surface area contributed by atoms with Crippen LogP contribution >= 0.6 is 0 Å². The number of aryl methyl sites for hydroxylation is 1. The Labute approximate surface area is 79.5 Å². The van der Waals surface area contributed by atoms with Crippen LogP contribution in [-0.2, 0) is 0 Å². The van der Waals surface area contributed by atoms with Crippen LogP contribution in [0.25, 0.3) is 6.08 Å². The van der Waals surface area contributed by atoms with Crippen molar-refractivity contribution in [1.82, 2.24) is 5.32 Å². The predicted octanol–water partition coefficient (Wildman–Crippen LogP) is 1.81. The molecular formula is C11H16N2. The summed E-state index contributed by atoms with van der Waals surface area (Å²) in [5, 5.41) is 3.06. The van der Waals surface area contributed by atoms with Crippen molar-refractivity contribution >= 4 is 11.8 Å². The van der Waals surface area contributed by atoms with Crippen molar-refractivity contribution in [3.63, 3.8) is 0 Å². The number of likely N-dealkylation sites (N-methyl/N-ethyl adjacent to an activating group) is 1. The van der Waals surface area contributed by atoms with Crippen molar-refractivity contribution in [2.45, 2.75) is 6.92 Å². The van der Waals surface area contributed by atoms with E-state index < -0.39 is 0 Å². The van der Waals surface area contributed by atoms with Gasteiger partial charge in [0.05, 0.1) is 0 Å². The van der Waals surface area contributed by atoms with Crippen molar-refractivity contribution in [3.8, 4) is 0 Å². The minimum Gasteiger partial charge on any atom is -0.399 e. The lowest BCUT2D eigenvalue weighted by Gasteiger charge is -2.01. The molecule has 70 valence electrons. The third-order valence-corrected chi connectivity index (χ3v) is 1.91. The van der Waals surface area contributed by atoms with Crippen LogP contribution in [0.15, 0.2) is 24.3 Å². The average Bonchev–Trinajstić information content (AvgIpc) is 2.09. The first-order valence-corrected chi connectivity index (χ1v) is 4.41. The second-order valence-corrected chi connectivity index (χ2v) is 3.08. The molecule has 1 rings (SSSR count). The summed E-state index contributed by atoms with van der Waals surface area (Å²) in [5.41, 5.74) is 8.91. The molecule has 2 heteroatoms. The van der Waals surface area contributed by atoms with E-state index in [1.165, 1.54) is 11.1 Å². The Balaban J connectivity index is 2.77. The third kappa shape index (κ3) is 2.92. The van der Waals surface area contributed by atoms with Gasteiger partial charge >= 0.3 is 0 Å². The highest BCUT2D eigenvalue weighted by Gasteiger charge is 1.93. The van der Waals surface area contributed by atoms with E-state index in [0.717, 1.165) is 12.2 Å². The first-order valence-electron chi connectivity index (χ1n) is 4.41. The lowest BCUT2D eigenvalue weighted by molar-refractivity contribution is 0.922. The molecule has 0 aliphatic carbocycles. The summed E-state index contributed by atoms with van der Waals surface area (Å²) in [6, 6.07) is 5.95. The molecular weight excluding hydrogens is 160 g/mol. The second-order valence-electron chi connectivity index (χ2n) is 3.08. The molecule has 0 heterocycles. The maximum atomic E-state index is 5.65. The maximum Gasteiger partial charge on any atom is 0.0317 e. The van der Waals surface area contributed by atoms with E-state index in [9.17, 15) is 0 Å². The Kier molecular flexibility index (Phi) is 3.53. The molecule has 1 aromatic rings. The highest BCUT2D eigenvalue weighted by Crippen LogP contribution is 2.13. The molecule has 0 radical (unpaired) electrons. The minimum atomic E-state index is 0.822. The summed E-state index contributed by atoms with van der Waals surface area (Å²) in [4.78, 5) is 0. The molecule has 0 fully saturated rings. The normalized spacial score (nSPS) is 10.9. The Morgan fingerprint density at radius 1 is 1.46 bits per heavy atom. The molecule has 0 aromatic heterocycles. The highest BCUT2D eigenvalue weighted by molar-refractivity contribution is 5.57. The van der Waals surface area contributed by atoms with Crippen LogP contribution < -0.4 is 11.1 Å². The van der Waals surface area contributed by atoms with E-state index in [4.69, 9.17) is 5.73 Å². The highest BCUT2D eigenvalue weighted by atomic mass is 14.8. The van der Waals surface area contributed by atoms with Crippen LogP contribution in [0.5, 0.6) is 0 Å². The molecule has 2 nitrogen and oxygen atoms in total. The third-order valence-electron chi connectivity index (χ3n) is 1.91. The fourth-order valence-electron chi connectivity index (χ4n) is 1.19. The molecule has 0 amide bonds. The number of benzene rings is 1. The monoisotopic (exact) mass is 176 g/mol. The van der Waals surface area contributed by atoms with Gasteiger partial charge in [-0.05, 0) is 37.2 Å². The topological polar surface area (TPSA) is 38.0 Å². The van der Waals surface area contributed by atoms with Gasteiger partial charge in [0.1, 0.15) is 0 Å². The number of nitrogens with two attached hydrogens (primary N) is 1. The molecule has 0 unspecified atom stereocenters. The molecule has 0 atom stereocenters. The summed E-state index contributed by atoms with van der Waals surface area (Å²) >= 11 is 0. The summed E-state index contributed by atoms with van der Waals surface area (Å²) < 4.78 is 0. The van der Waals surface area contributed by atoms with E-state index >= 15 is 0 Å². The predicted molar refractivity (Wildman–Crippen MR) is 58.6 cm³/mol. The van der Waals surface area contributed by atoms with Crippen molar-refractivity contribution in [2.24, 2.45) is 0 Å². The Hall–Kier alpha value is -1.28. The zero-order chi connectivity index (χ0) is 9.68. The molecule has 0 bridgehead atoms. The molecule has 3 N–H and O–H groups in total.